The second kappa shape index (κ2) is 10.4. The predicted molar refractivity (Wildman–Crippen MR) is 114 cm³/mol. The van der Waals surface area contributed by atoms with E-state index in [-0.39, 0.29) is 0 Å². The maximum atomic E-state index is 9.29. The van der Waals surface area contributed by atoms with Gasteiger partial charge in [0, 0.05) is 57.6 Å². The van der Waals surface area contributed by atoms with Gasteiger partial charge in [-0.05, 0) is 30.9 Å². The molecular formula is C22H26N6O. The van der Waals surface area contributed by atoms with Crippen molar-refractivity contribution >= 4 is 11.5 Å². The van der Waals surface area contributed by atoms with Crippen molar-refractivity contribution in [2.24, 2.45) is 4.99 Å². The van der Waals surface area contributed by atoms with Crippen molar-refractivity contribution in [1.82, 2.24) is 14.9 Å². The average molecular weight is 390 g/mol. The Bertz CT molecular complexity index is 889. The van der Waals surface area contributed by atoms with Crippen LogP contribution in [0.25, 0.3) is 0 Å². The maximum Gasteiger partial charge on any atom is 0.183 e. The topological polar surface area (TPSA) is 77.6 Å². The lowest BCUT2D eigenvalue weighted by Gasteiger charge is -2.40. The van der Waals surface area contributed by atoms with E-state index in [1.54, 1.807) is 32.8 Å². The van der Waals surface area contributed by atoms with E-state index in [1.807, 2.05) is 18.2 Å². The third-order valence-corrected chi connectivity index (χ3v) is 5.29. The molecule has 0 radical (unpaired) electrons. The van der Waals surface area contributed by atoms with Crippen LogP contribution in [0, 0.1) is 23.2 Å². The van der Waals surface area contributed by atoms with E-state index in [9.17, 15) is 5.26 Å². The van der Waals surface area contributed by atoms with Crippen LogP contribution in [0.2, 0.25) is 0 Å². The normalized spacial score (nSPS) is 22.4. The molecule has 1 aromatic rings. The standard InChI is InChI=1S/C22H26N6O/c1-24-18(6-3-4-15-29-2)7-5-8-19-9-10-20-17-27(13-14-28(19)20)22-21(16-23)25-11-12-26-22/h3-4,6,11-12,15,19-20H,8-10,13-14,17H2,1-2H3/b6-3-,15-4+,24-18?. The van der Waals surface area contributed by atoms with Crippen molar-refractivity contribution in [3.8, 4) is 17.9 Å². The van der Waals surface area contributed by atoms with Gasteiger partial charge in [0.2, 0.25) is 0 Å². The number of hydrogen-bond donors (Lipinski definition) is 0. The van der Waals surface area contributed by atoms with E-state index in [1.165, 1.54) is 0 Å². The third-order valence-electron chi connectivity index (χ3n) is 5.29. The summed E-state index contributed by atoms with van der Waals surface area (Å²) in [5.41, 5.74) is 1.16. The van der Waals surface area contributed by atoms with Gasteiger partial charge in [0.1, 0.15) is 11.8 Å². The summed E-state index contributed by atoms with van der Waals surface area (Å²) >= 11 is 0. The van der Waals surface area contributed by atoms with Crippen LogP contribution >= 0.6 is 0 Å². The molecule has 0 bridgehead atoms. The molecule has 3 heterocycles. The van der Waals surface area contributed by atoms with Crippen LogP contribution in [0.15, 0.2) is 41.9 Å². The number of anilines is 1. The van der Waals surface area contributed by atoms with E-state index in [2.05, 4.69) is 42.7 Å². The fourth-order valence-corrected chi connectivity index (χ4v) is 3.91. The number of aromatic nitrogens is 2. The van der Waals surface area contributed by atoms with E-state index < -0.39 is 0 Å². The summed E-state index contributed by atoms with van der Waals surface area (Å²) < 4.78 is 4.87. The molecule has 0 spiro atoms. The van der Waals surface area contributed by atoms with Crippen molar-refractivity contribution in [3.05, 3.63) is 42.6 Å². The zero-order valence-corrected chi connectivity index (χ0v) is 17.0. The number of rotatable bonds is 5. The minimum atomic E-state index is 0.404. The summed E-state index contributed by atoms with van der Waals surface area (Å²) in [5, 5.41) is 9.29. The minimum absolute atomic E-state index is 0.404. The SMILES string of the molecule is CN=C(C#CCC1CCC2CN(c3nccnc3C#N)CCN12)/C=C\C=C\OC. The lowest BCUT2D eigenvalue weighted by atomic mass is 10.1. The van der Waals surface area contributed by atoms with Crippen molar-refractivity contribution < 1.29 is 4.74 Å². The Morgan fingerprint density at radius 2 is 2.17 bits per heavy atom. The van der Waals surface area contributed by atoms with Crippen molar-refractivity contribution in [3.63, 3.8) is 0 Å². The van der Waals surface area contributed by atoms with Gasteiger partial charge in [-0.3, -0.25) is 9.89 Å². The number of hydrogen-bond acceptors (Lipinski definition) is 7. The highest BCUT2D eigenvalue weighted by atomic mass is 16.5. The monoisotopic (exact) mass is 390 g/mol. The molecule has 2 aliphatic heterocycles. The summed E-state index contributed by atoms with van der Waals surface area (Å²) in [6, 6.07) is 3.10. The zero-order chi connectivity index (χ0) is 20.5. The molecular weight excluding hydrogens is 364 g/mol. The maximum absolute atomic E-state index is 9.29. The Labute approximate surface area is 172 Å². The van der Waals surface area contributed by atoms with Gasteiger partial charge >= 0.3 is 0 Å². The molecule has 3 rings (SSSR count). The number of allylic oxidation sites excluding steroid dienone is 3. The molecule has 2 aliphatic rings. The summed E-state index contributed by atoms with van der Waals surface area (Å²) in [4.78, 5) is 17.5. The molecule has 0 saturated carbocycles. The molecule has 29 heavy (non-hydrogen) atoms. The number of nitrogens with zero attached hydrogens (tertiary/aromatic N) is 6. The number of fused-ring (bicyclic) bond motifs is 1. The Morgan fingerprint density at radius 1 is 1.31 bits per heavy atom. The first-order valence-electron chi connectivity index (χ1n) is 9.80. The molecule has 7 nitrogen and oxygen atoms in total. The largest absolute Gasteiger partial charge is 0.504 e. The van der Waals surface area contributed by atoms with E-state index in [0.29, 0.717) is 23.6 Å². The van der Waals surface area contributed by atoms with E-state index >= 15 is 0 Å². The first kappa shape index (κ1) is 20.6. The van der Waals surface area contributed by atoms with Crippen LogP contribution in [0.4, 0.5) is 5.82 Å². The molecule has 0 amide bonds. The number of methoxy groups -OCH3 is 1. The summed E-state index contributed by atoms with van der Waals surface area (Å²) in [7, 11) is 3.37. The highest BCUT2D eigenvalue weighted by molar-refractivity contribution is 6.08. The molecule has 150 valence electrons. The Kier molecular flexibility index (Phi) is 7.38. The lowest BCUT2D eigenvalue weighted by Crippen LogP contribution is -2.53. The van der Waals surface area contributed by atoms with Gasteiger partial charge in [-0.2, -0.15) is 5.26 Å². The highest BCUT2D eigenvalue weighted by Crippen LogP contribution is 2.30. The average Bonchev–Trinajstić information content (AvgIpc) is 3.17. The van der Waals surface area contributed by atoms with Crippen molar-refractivity contribution in [2.45, 2.75) is 31.3 Å². The fraction of sp³-hybridized carbons (Fsp3) is 0.455. The van der Waals surface area contributed by atoms with Crippen LogP contribution in [-0.2, 0) is 4.74 Å². The Balaban J connectivity index is 1.57. The second-order valence-electron chi connectivity index (χ2n) is 6.95. The number of piperazine rings is 1. The van der Waals surface area contributed by atoms with Crippen LogP contribution < -0.4 is 4.90 Å². The van der Waals surface area contributed by atoms with Gasteiger partial charge < -0.3 is 9.64 Å². The molecule has 0 N–H and O–H groups in total. The van der Waals surface area contributed by atoms with Crippen molar-refractivity contribution in [1.29, 1.82) is 5.26 Å². The molecule has 1 aromatic heterocycles. The molecule has 2 fully saturated rings. The van der Waals surface area contributed by atoms with Gasteiger partial charge in [0.25, 0.3) is 0 Å². The summed E-state index contributed by atoms with van der Waals surface area (Å²) in [6.45, 7) is 2.69. The highest BCUT2D eigenvalue weighted by Gasteiger charge is 2.37. The van der Waals surface area contributed by atoms with Crippen LogP contribution in [0.1, 0.15) is 25.0 Å². The lowest BCUT2D eigenvalue weighted by molar-refractivity contribution is 0.177. The zero-order valence-electron chi connectivity index (χ0n) is 17.0. The fourth-order valence-electron chi connectivity index (χ4n) is 3.91. The van der Waals surface area contributed by atoms with E-state index in [4.69, 9.17) is 4.74 Å². The smallest absolute Gasteiger partial charge is 0.183 e. The molecule has 2 atom stereocenters. The number of aliphatic imine (C=N–C) groups is 1. The third kappa shape index (κ3) is 5.22. The number of nitriles is 1. The van der Waals surface area contributed by atoms with Gasteiger partial charge in [0.05, 0.1) is 13.4 Å². The Hall–Kier alpha value is -3.16. The molecule has 2 saturated heterocycles. The van der Waals surface area contributed by atoms with Gasteiger partial charge in [0.15, 0.2) is 11.5 Å². The Morgan fingerprint density at radius 3 is 2.97 bits per heavy atom. The summed E-state index contributed by atoms with van der Waals surface area (Å²) in [5.74, 6) is 7.18. The summed E-state index contributed by atoms with van der Waals surface area (Å²) in [6.07, 6.45) is 13.5. The van der Waals surface area contributed by atoms with Crippen LogP contribution in [0.5, 0.6) is 0 Å². The van der Waals surface area contributed by atoms with Gasteiger partial charge in [-0.25, -0.2) is 9.97 Å². The first-order chi connectivity index (χ1) is 14.3. The van der Waals surface area contributed by atoms with Crippen LogP contribution in [-0.4, -0.2) is 66.5 Å². The van der Waals surface area contributed by atoms with Crippen LogP contribution in [0.3, 0.4) is 0 Å². The van der Waals surface area contributed by atoms with E-state index in [0.717, 1.165) is 44.6 Å². The predicted octanol–water partition coefficient (Wildman–Crippen LogP) is 2.18. The van der Waals surface area contributed by atoms with Gasteiger partial charge in [-0.1, -0.05) is 12.0 Å². The van der Waals surface area contributed by atoms with Gasteiger partial charge in [-0.15, -0.1) is 0 Å². The van der Waals surface area contributed by atoms with Crippen molar-refractivity contribution in [2.75, 3.05) is 38.7 Å². The first-order valence-corrected chi connectivity index (χ1v) is 9.80. The number of ether oxygens (including phenoxy) is 1. The molecule has 2 unspecified atom stereocenters. The molecule has 0 aliphatic carbocycles. The second-order valence-corrected chi connectivity index (χ2v) is 6.95. The quantitative estimate of drug-likeness (QED) is 0.332. The molecule has 0 aromatic carbocycles. The minimum Gasteiger partial charge on any atom is -0.504 e. The molecule has 7 heteroatoms.